The number of hydrogen-bond donors (Lipinski definition) is 1. The SMILES string of the molecule is Cc1cc(C(=O)OCC(=O)NC2CC2)on1. The normalized spacial score (nSPS) is 14.6. The van der Waals surface area contributed by atoms with Crippen LogP contribution in [0.15, 0.2) is 10.6 Å². The largest absolute Gasteiger partial charge is 0.450 e. The second-order valence-electron chi connectivity index (χ2n) is 3.75. The average Bonchev–Trinajstić information content (AvgIpc) is 2.95. The standard InChI is InChI=1S/C10H12N2O4/c1-6-4-8(16-12-6)10(14)15-5-9(13)11-7-2-3-7/h4,7H,2-3,5H2,1H3,(H,11,13). The highest BCUT2D eigenvalue weighted by atomic mass is 16.6. The van der Waals surface area contributed by atoms with Gasteiger partial charge in [-0.1, -0.05) is 5.16 Å². The molecule has 0 spiro atoms. The molecule has 0 aromatic carbocycles. The molecule has 1 aliphatic carbocycles. The Morgan fingerprint density at radius 2 is 2.38 bits per heavy atom. The van der Waals surface area contributed by atoms with E-state index in [1.54, 1.807) is 6.92 Å². The Bertz CT molecular complexity index is 409. The summed E-state index contributed by atoms with van der Waals surface area (Å²) in [6.45, 7) is 1.41. The van der Waals surface area contributed by atoms with E-state index in [1.807, 2.05) is 0 Å². The number of nitrogens with zero attached hydrogens (tertiary/aromatic N) is 1. The zero-order chi connectivity index (χ0) is 11.5. The molecule has 86 valence electrons. The number of aromatic nitrogens is 1. The van der Waals surface area contributed by atoms with Crippen molar-refractivity contribution in [1.29, 1.82) is 0 Å². The Balaban J connectivity index is 1.76. The highest BCUT2D eigenvalue weighted by Crippen LogP contribution is 2.18. The average molecular weight is 224 g/mol. The van der Waals surface area contributed by atoms with Gasteiger partial charge in [-0.25, -0.2) is 4.79 Å². The van der Waals surface area contributed by atoms with Gasteiger partial charge in [-0.05, 0) is 19.8 Å². The lowest BCUT2D eigenvalue weighted by atomic mass is 10.4. The van der Waals surface area contributed by atoms with Crippen LogP contribution in [0.4, 0.5) is 0 Å². The topological polar surface area (TPSA) is 81.4 Å². The summed E-state index contributed by atoms with van der Waals surface area (Å²) < 4.78 is 9.44. The van der Waals surface area contributed by atoms with E-state index in [9.17, 15) is 9.59 Å². The second-order valence-corrected chi connectivity index (χ2v) is 3.75. The molecule has 1 heterocycles. The second kappa shape index (κ2) is 4.34. The van der Waals surface area contributed by atoms with Crippen LogP contribution in [-0.4, -0.2) is 29.7 Å². The number of nitrogens with one attached hydrogen (secondary N) is 1. The van der Waals surface area contributed by atoms with E-state index in [0.717, 1.165) is 12.8 Å². The summed E-state index contributed by atoms with van der Waals surface area (Å²) in [5.41, 5.74) is 0.592. The van der Waals surface area contributed by atoms with Gasteiger partial charge in [0.2, 0.25) is 5.76 Å². The van der Waals surface area contributed by atoms with Crippen LogP contribution in [0.25, 0.3) is 0 Å². The van der Waals surface area contributed by atoms with Crippen molar-refractivity contribution in [2.45, 2.75) is 25.8 Å². The number of esters is 1. The van der Waals surface area contributed by atoms with Crippen molar-refractivity contribution in [3.63, 3.8) is 0 Å². The molecule has 1 amide bonds. The van der Waals surface area contributed by atoms with E-state index in [4.69, 9.17) is 9.26 Å². The van der Waals surface area contributed by atoms with Crippen molar-refractivity contribution < 1.29 is 18.8 Å². The molecule has 0 aliphatic heterocycles. The summed E-state index contributed by atoms with van der Waals surface area (Å²) >= 11 is 0. The van der Waals surface area contributed by atoms with Crippen LogP contribution in [0.3, 0.4) is 0 Å². The molecule has 1 saturated carbocycles. The molecule has 1 aliphatic rings. The third kappa shape index (κ3) is 2.82. The minimum atomic E-state index is -0.674. The number of amides is 1. The van der Waals surface area contributed by atoms with Gasteiger partial charge >= 0.3 is 5.97 Å². The number of carbonyl (C=O) groups is 2. The Morgan fingerprint density at radius 1 is 1.62 bits per heavy atom. The molecule has 0 unspecified atom stereocenters. The van der Waals surface area contributed by atoms with E-state index in [-0.39, 0.29) is 24.3 Å². The van der Waals surface area contributed by atoms with Gasteiger partial charge in [-0.15, -0.1) is 0 Å². The molecule has 1 aromatic heterocycles. The molecule has 2 rings (SSSR count). The molecule has 0 saturated heterocycles. The van der Waals surface area contributed by atoms with Crippen LogP contribution >= 0.6 is 0 Å². The van der Waals surface area contributed by atoms with Crippen LogP contribution in [0.1, 0.15) is 29.1 Å². The van der Waals surface area contributed by atoms with E-state index in [1.165, 1.54) is 6.07 Å². The fraction of sp³-hybridized carbons (Fsp3) is 0.500. The first kappa shape index (κ1) is 10.7. The molecule has 0 bridgehead atoms. The highest BCUT2D eigenvalue weighted by Gasteiger charge is 2.24. The smallest absolute Gasteiger partial charge is 0.377 e. The fourth-order valence-corrected chi connectivity index (χ4v) is 1.16. The first-order chi connectivity index (χ1) is 7.65. The van der Waals surface area contributed by atoms with Crippen molar-refractivity contribution in [3.8, 4) is 0 Å². The highest BCUT2D eigenvalue weighted by molar-refractivity contribution is 5.88. The van der Waals surface area contributed by atoms with Gasteiger partial charge in [0.25, 0.3) is 5.91 Å². The lowest BCUT2D eigenvalue weighted by Gasteiger charge is -2.02. The Labute approximate surface area is 91.9 Å². The lowest BCUT2D eigenvalue weighted by Crippen LogP contribution is -2.30. The molecule has 0 radical (unpaired) electrons. The monoisotopic (exact) mass is 224 g/mol. The molecule has 1 N–H and O–H groups in total. The van der Waals surface area contributed by atoms with Gasteiger partial charge in [0.05, 0.1) is 5.69 Å². The van der Waals surface area contributed by atoms with Gasteiger partial charge in [-0.3, -0.25) is 4.79 Å². The minimum absolute atomic E-state index is 0.0109. The number of rotatable bonds is 4. The molecule has 0 atom stereocenters. The Morgan fingerprint density at radius 3 is 2.94 bits per heavy atom. The van der Waals surface area contributed by atoms with Crippen molar-refractivity contribution in [2.24, 2.45) is 0 Å². The fourth-order valence-electron chi connectivity index (χ4n) is 1.16. The van der Waals surface area contributed by atoms with Crippen LogP contribution in [0, 0.1) is 6.92 Å². The summed E-state index contributed by atoms with van der Waals surface area (Å²) in [6, 6.07) is 1.72. The quantitative estimate of drug-likeness (QED) is 0.749. The summed E-state index contributed by atoms with van der Waals surface area (Å²) in [7, 11) is 0. The first-order valence-electron chi connectivity index (χ1n) is 5.05. The van der Waals surface area contributed by atoms with Crippen LogP contribution < -0.4 is 5.32 Å². The lowest BCUT2D eigenvalue weighted by molar-refractivity contribution is -0.124. The summed E-state index contributed by atoms with van der Waals surface area (Å²) in [4.78, 5) is 22.5. The molecule has 1 aromatic rings. The van der Waals surface area contributed by atoms with Crippen LogP contribution in [0.5, 0.6) is 0 Å². The van der Waals surface area contributed by atoms with E-state index >= 15 is 0 Å². The zero-order valence-corrected chi connectivity index (χ0v) is 8.86. The van der Waals surface area contributed by atoms with Gasteiger partial charge < -0.3 is 14.6 Å². The first-order valence-corrected chi connectivity index (χ1v) is 5.05. The molecule has 16 heavy (non-hydrogen) atoms. The van der Waals surface area contributed by atoms with E-state index in [2.05, 4.69) is 10.5 Å². The van der Waals surface area contributed by atoms with Gasteiger partial charge in [0.15, 0.2) is 6.61 Å². The minimum Gasteiger partial charge on any atom is -0.450 e. The zero-order valence-electron chi connectivity index (χ0n) is 8.86. The van der Waals surface area contributed by atoms with Crippen LogP contribution in [0.2, 0.25) is 0 Å². The predicted molar refractivity (Wildman–Crippen MR) is 52.7 cm³/mol. The molecule has 6 heteroatoms. The van der Waals surface area contributed by atoms with Crippen molar-refractivity contribution in [3.05, 3.63) is 17.5 Å². The van der Waals surface area contributed by atoms with Gasteiger partial charge in [-0.2, -0.15) is 0 Å². The van der Waals surface area contributed by atoms with Gasteiger partial charge in [0, 0.05) is 12.1 Å². The number of hydrogen-bond acceptors (Lipinski definition) is 5. The molecule has 6 nitrogen and oxygen atoms in total. The molecular weight excluding hydrogens is 212 g/mol. The third-order valence-electron chi connectivity index (χ3n) is 2.11. The third-order valence-corrected chi connectivity index (χ3v) is 2.11. The number of carbonyl (C=O) groups excluding carboxylic acids is 2. The van der Waals surface area contributed by atoms with Crippen molar-refractivity contribution in [2.75, 3.05) is 6.61 Å². The van der Waals surface area contributed by atoms with Crippen molar-refractivity contribution >= 4 is 11.9 Å². The maximum Gasteiger partial charge on any atom is 0.377 e. The molecular formula is C10H12N2O4. The van der Waals surface area contributed by atoms with E-state index in [0.29, 0.717) is 5.69 Å². The number of aryl methyl sites for hydroxylation is 1. The molecule has 1 fully saturated rings. The summed E-state index contributed by atoms with van der Waals surface area (Å²) in [5, 5.41) is 6.25. The van der Waals surface area contributed by atoms with Crippen molar-refractivity contribution in [1.82, 2.24) is 10.5 Å². The number of ether oxygens (including phenoxy) is 1. The van der Waals surface area contributed by atoms with Crippen LogP contribution in [-0.2, 0) is 9.53 Å². The Kier molecular flexibility index (Phi) is 2.89. The predicted octanol–water partition coefficient (Wildman–Crippen LogP) is 0.418. The summed E-state index contributed by atoms with van der Waals surface area (Å²) in [5.74, 6) is -0.949. The Hall–Kier alpha value is -1.85. The maximum atomic E-state index is 11.3. The maximum absolute atomic E-state index is 11.3. The van der Waals surface area contributed by atoms with E-state index < -0.39 is 5.97 Å². The summed E-state index contributed by atoms with van der Waals surface area (Å²) in [6.07, 6.45) is 2.00. The van der Waals surface area contributed by atoms with Gasteiger partial charge in [0.1, 0.15) is 0 Å².